The molecule has 0 saturated carbocycles. The molecule has 0 aliphatic heterocycles. The normalized spacial score (nSPS) is 7.95. The van der Waals surface area contributed by atoms with Crippen molar-refractivity contribution in [2.45, 2.75) is 33.6 Å². The maximum absolute atomic E-state index is 9.87. The number of aliphatic carboxylic acids is 2. The van der Waals surface area contributed by atoms with Crippen LogP contribution in [0.3, 0.4) is 0 Å². The fraction of sp³-hybridized carbons (Fsp3) is 0.545. The van der Waals surface area contributed by atoms with Crippen molar-refractivity contribution < 1.29 is 38.9 Å². The summed E-state index contributed by atoms with van der Waals surface area (Å²) in [7, 11) is 0. The predicted octanol–water partition coefficient (Wildman–Crippen LogP) is 0.202. The number of nitrogens with two attached hydrogens (primary N) is 1. The second-order valence-corrected chi connectivity index (χ2v) is 3.30. The Bertz CT molecular complexity index is 300. The molecule has 0 fully saturated rings. The fourth-order valence-electron chi connectivity index (χ4n) is 0.568. The summed E-state index contributed by atoms with van der Waals surface area (Å²) in [5.41, 5.74) is 4.54. The number of ketones is 2. The van der Waals surface area contributed by atoms with E-state index in [0.717, 1.165) is 0 Å². The van der Waals surface area contributed by atoms with E-state index in [0.29, 0.717) is 6.61 Å². The molecule has 0 radical (unpaired) electrons. The van der Waals surface area contributed by atoms with Crippen molar-refractivity contribution in [3.05, 3.63) is 0 Å². The van der Waals surface area contributed by atoms with Crippen LogP contribution in [0.5, 0.6) is 0 Å². The van der Waals surface area contributed by atoms with E-state index >= 15 is 0 Å². The molecular formula is C11H19NO8. The van der Waals surface area contributed by atoms with Crippen molar-refractivity contribution >= 4 is 29.6 Å². The van der Waals surface area contributed by atoms with Crippen LogP contribution in [0, 0.1) is 0 Å². The number of hydrogen-bond acceptors (Lipinski definition) is 6. The maximum atomic E-state index is 9.87. The summed E-state index contributed by atoms with van der Waals surface area (Å²) in [4.78, 5) is 48.5. The summed E-state index contributed by atoms with van der Waals surface area (Å²) < 4.78 is 4.18. The first-order chi connectivity index (χ1) is 9.02. The molecule has 9 nitrogen and oxygen atoms in total. The first-order valence-electron chi connectivity index (χ1n) is 5.37. The Morgan fingerprint density at radius 3 is 1.20 bits per heavy atom. The number of primary amides is 1. The molecule has 9 heteroatoms. The van der Waals surface area contributed by atoms with Crippen LogP contribution in [-0.4, -0.2) is 46.4 Å². The van der Waals surface area contributed by atoms with Gasteiger partial charge in [-0.25, -0.2) is 4.79 Å². The Labute approximate surface area is 115 Å². The van der Waals surface area contributed by atoms with Crippen molar-refractivity contribution in [2.75, 3.05) is 6.61 Å². The van der Waals surface area contributed by atoms with Gasteiger partial charge >= 0.3 is 18.0 Å². The van der Waals surface area contributed by atoms with E-state index in [1.165, 1.54) is 13.8 Å². The van der Waals surface area contributed by atoms with E-state index in [1.807, 2.05) is 0 Å². The van der Waals surface area contributed by atoms with Gasteiger partial charge in [-0.1, -0.05) is 0 Å². The average Bonchev–Trinajstić information content (AvgIpc) is 2.13. The number of carbonyl (C=O) groups excluding carboxylic acids is 3. The van der Waals surface area contributed by atoms with Gasteiger partial charge in [0.2, 0.25) is 0 Å². The smallest absolute Gasteiger partial charge is 0.404 e. The van der Waals surface area contributed by atoms with Gasteiger partial charge in [0.1, 0.15) is 24.4 Å². The summed E-state index contributed by atoms with van der Waals surface area (Å²) in [6.07, 6.45) is -1.43. The zero-order chi connectivity index (χ0) is 16.7. The van der Waals surface area contributed by atoms with Crippen LogP contribution in [0.4, 0.5) is 4.79 Å². The van der Waals surface area contributed by atoms with Crippen LogP contribution in [-0.2, 0) is 23.9 Å². The average molecular weight is 293 g/mol. The number of ether oxygens (including phenoxy) is 1. The highest BCUT2D eigenvalue weighted by Crippen LogP contribution is 1.78. The minimum atomic E-state index is -1.06. The lowest BCUT2D eigenvalue weighted by Crippen LogP contribution is -2.11. The Kier molecular flexibility index (Phi) is 16.6. The standard InChI is InChI=1S/2C4H6O3.C3H7NO2/c2*1-3(5)2-4(6)7;1-2-6-3(4)5/h2*2H2,1H3,(H,6,7);2H2,1H3,(H2,4,5). The van der Waals surface area contributed by atoms with Gasteiger partial charge in [-0.3, -0.25) is 19.2 Å². The van der Waals surface area contributed by atoms with Gasteiger partial charge in [0.05, 0.1) is 6.61 Å². The van der Waals surface area contributed by atoms with E-state index in [1.54, 1.807) is 6.92 Å². The maximum Gasteiger partial charge on any atom is 0.404 e. The van der Waals surface area contributed by atoms with Gasteiger partial charge in [0.15, 0.2) is 0 Å². The lowest BCUT2D eigenvalue weighted by Gasteiger charge is -1.89. The summed E-state index contributed by atoms with van der Waals surface area (Å²) in [6, 6.07) is 0. The van der Waals surface area contributed by atoms with E-state index in [9.17, 15) is 24.0 Å². The highest BCUT2D eigenvalue weighted by molar-refractivity contribution is 5.93. The Balaban J connectivity index is -0.000000218. The predicted molar refractivity (Wildman–Crippen MR) is 67.1 cm³/mol. The molecular weight excluding hydrogens is 274 g/mol. The Morgan fingerprint density at radius 1 is 0.900 bits per heavy atom. The third-order valence-corrected chi connectivity index (χ3v) is 1.09. The van der Waals surface area contributed by atoms with Gasteiger partial charge in [0, 0.05) is 0 Å². The highest BCUT2D eigenvalue weighted by Gasteiger charge is 1.98. The van der Waals surface area contributed by atoms with Crippen LogP contribution in [0.15, 0.2) is 0 Å². The molecule has 0 saturated heterocycles. The molecule has 0 atom stereocenters. The number of carbonyl (C=O) groups is 5. The first kappa shape index (κ1) is 22.7. The molecule has 0 aromatic carbocycles. The van der Waals surface area contributed by atoms with Crippen LogP contribution < -0.4 is 5.73 Å². The van der Waals surface area contributed by atoms with Crippen LogP contribution in [0.1, 0.15) is 33.6 Å². The number of hydrogen-bond donors (Lipinski definition) is 3. The molecule has 4 N–H and O–H groups in total. The molecule has 116 valence electrons. The molecule has 0 aromatic rings. The van der Waals surface area contributed by atoms with Gasteiger partial charge in [0.25, 0.3) is 0 Å². The van der Waals surface area contributed by atoms with Gasteiger partial charge in [-0.05, 0) is 20.8 Å². The largest absolute Gasteiger partial charge is 0.481 e. The summed E-state index contributed by atoms with van der Waals surface area (Å²) in [5, 5.41) is 15.7. The molecule has 20 heavy (non-hydrogen) atoms. The minimum absolute atomic E-state index is 0.312. The van der Waals surface area contributed by atoms with Crippen molar-refractivity contribution in [1.82, 2.24) is 0 Å². The zero-order valence-electron chi connectivity index (χ0n) is 11.5. The number of Topliss-reactive ketones (excluding diaryl/α,β-unsaturated/α-hetero) is 2. The van der Waals surface area contributed by atoms with Gasteiger partial charge in [-0.15, -0.1) is 0 Å². The third-order valence-electron chi connectivity index (χ3n) is 1.09. The van der Waals surface area contributed by atoms with Crippen molar-refractivity contribution in [3.63, 3.8) is 0 Å². The van der Waals surface area contributed by atoms with E-state index in [2.05, 4.69) is 10.5 Å². The minimum Gasteiger partial charge on any atom is -0.481 e. The number of rotatable bonds is 5. The van der Waals surface area contributed by atoms with E-state index in [-0.39, 0.29) is 24.4 Å². The highest BCUT2D eigenvalue weighted by atomic mass is 16.5. The molecule has 0 aliphatic carbocycles. The van der Waals surface area contributed by atoms with Gasteiger partial charge in [-0.2, -0.15) is 0 Å². The van der Waals surface area contributed by atoms with Crippen molar-refractivity contribution in [2.24, 2.45) is 5.73 Å². The van der Waals surface area contributed by atoms with Crippen molar-refractivity contribution in [1.29, 1.82) is 0 Å². The molecule has 0 bridgehead atoms. The van der Waals surface area contributed by atoms with E-state index < -0.39 is 18.0 Å². The summed E-state index contributed by atoms with van der Waals surface area (Å²) in [5.74, 6) is -2.75. The van der Waals surface area contributed by atoms with E-state index in [4.69, 9.17) is 10.2 Å². The molecule has 0 unspecified atom stereocenters. The van der Waals surface area contributed by atoms with Crippen LogP contribution in [0.25, 0.3) is 0 Å². The second-order valence-electron chi connectivity index (χ2n) is 3.30. The molecule has 0 spiro atoms. The topological polar surface area (TPSA) is 161 Å². The molecule has 0 rings (SSSR count). The Morgan fingerprint density at radius 2 is 1.20 bits per heavy atom. The van der Waals surface area contributed by atoms with Gasteiger partial charge < -0.3 is 20.7 Å². The SMILES string of the molecule is CC(=O)CC(=O)O.CC(=O)CC(=O)O.CCOC(N)=O. The molecule has 0 aliphatic rings. The number of carboxylic acids is 2. The fourth-order valence-corrected chi connectivity index (χ4v) is 0.568. The second kappa shape index (κ2) is 14.6. The molecule has 1 amide bonds. The lowest BCUT2D eigenvalue weighted by molar-refractivity contribution is -0.141. The molecule has 0 aromatic heterocycles. The lowest BCUT2D eigenvalue weighted by atomic mass is 10.3. The zero-order valence-corrected chi connectivity index (χ0v) is 11.5. The van der Waals surface area contributed by atoms with Crippen LogP contribution in [0.2, 0.25) is 0 Å². The number of carboxylic acid groups (broad SMARTS) is 2. The van der Waals surface area contributed by atoms with Crippen LogP contribution >= 0.6 is 0 Å². The number of amides is 1. The van der Waals surface area contributed by atoms with Crippen molar-refractivity contribution in [3.8, 4) is 0 Å². The molecule has 0 heterocycles. The summed E-state index contributed by atoms with van der Waals surface area (Å²) >= 11 is 0. The quantitative estimate of drug-likeness (QED) is 0.605. The third kappa shape index (κ3) is 45.0. The summed E-state index contributed by atoms with van der Waals surface area (Å²) in [6.45, 7) is 4.54. The monoisotopic (exact) mass is 293 g/mol. The first-order valence-corrected chi connectivity index (χ1v) is 5.37. The Hall–Kier alpha value is -2.45.